The summed E-state index contributed by atoms with van der Waals surface area (Å²) in [6.45, 7) is 8.16. The highest BCUT2D eigenvalue weighted by Crippen LogP contribution is 2.30. The number of nitrogens with zero attached hydrogens (tertiary/aromatic N) is 2. The second kappa shape index (κ2) is 7.19. The lowest BCUT2D eigenvalue weighted by Gasteiger charge is -2.27. The number of hydrogen-bond donors (Lipinski definition) is 0. The number of alkyl halides is 1. The Kier molecular flexibility index (Phi) is 5.90. The quantitative estimate of drug-likeness (QED) is 0.514. The first-order valence-corrected chi connectivity index (χ1v) is 10.9. The zero-order valence-electron chi connectivity index (χ0n) is 14.2. The molecular weight excluding hydrogens is 423 g/mol. The van der Waals surface area contributed by atoms with Crippen LogP contribution in [0.5, 0.6) is 0 Å². The Bertz CT molecular complexity index is 686. The van der Waals surface area contributed by atoms with Gasteiger partial charge in [-0.3, -0.25) is 4.79 Å². The molecule has 1 aliphatic heterocycles. The number of amides is 1. The van der Waals surface area contributed by atoms with Crippen LogP contribution in [-0.2, 0) is 14.7 Å². The zero-order valence-corrected chi connectivity index (χ0v) is 17.2. The summed E-state index contributed by atoms with van der Waals surface area (Å²) in [5.74, 6) is -0.304. The highest BCUT2D eigenvalue weighted by molar-refractivity contribution is 14.1. The molecule has 0 spiro atoms. The molecule has 0 saturated carbocycles. The third kappa shape index (κ3) is 4.14. The number of carbonyl (C=O) groups excluding carboxylic acids is 1. The van der Waals surface area contributed by atoms with Crippen molar-refractivity contribution in [3.8, 4) is 0 Å². The largest absolute Gasteiger partial charge is 0.271 e. The molecule has 1 amide bonds. The lowest BCUT2D eigenvalue weighted by atomic mass is 9.96. The van der Waals surface area contributed by atoms with E-state index < -0.39 is 15.3 Å². The average molecular weight is 448 g/mol. The van der Waals surface area contributed by atoms with E-state index in [1.807, 2.05) is 56.3 Å². The SMILES string of the molecule is Cc1ccc(S(=O)(=NC(=O)C(C)(C)C)N2CCCC2CI)cc1. The monoisotopic (exact) mass is 448 g/mol. The Morgan fingerprint density at radius 1 is 1.35 bits per heavy atom. The Balaban J connectivity index is 2.60. The van der Waals surface area contributed by atoms with E-state index in [2.05, 4.69) is 27.0 Å². The van der Waals surface area contributed by atoms with Gasteiger partial charge in [0.05, 0.1) is 4.90 Å². The Morgan fingerprint density at radius 3 is 2.48 bits per heavy atom. The molecule has 6 heteroatoms. The highest BCUT2D eigenvalue weighted by Gasteiger charge is 2.35. The molecule has 1 heterocycles. The lowest BCUT2D eigenvalue weighted by molar-refractivity contribution is -0.124. The van der Waals surface area contributed by atoms with Gasteiger partial charge >= 0.3 is 0 Å². The van der Waals surface area contributed by atoms with Crippen LogP contribution in [0.4, 0.5) is 0 Å². The van der Waals surface area contributed by atoms with E-state index in [9.17, 15) is 9.00 Å². The van der Waals surface area contributed by atoms with Gasteiger partial charge in [0.25, 0.3) is 5.91 Å². The van der Waals surface area contributed by atoms with Crippen LogP contribution in [-0.4, -0.2) is 31.4 Å². The molecule has 2 rings (SSSR count). The predicted molar refractivity (Wildman–Crippen MR) is 103 cm³/mol. The summed E-state index contributed by atoms with van der Waals surface area (Å²) < 4.78 is 21.0. The van der Waals surface area contributed by atoms with Gasteiger partial charge in [-0.1, -0.05) is 61.1 Å². The third-order valence-corrected chi connectivity index (χ3v) is 7.43. The predicted octanol–water partition coefficient (Wildman–Crippen LogP) is 4.21. The van der Waals surface area contributed by atoms with Crippen LogP contribution in [0.1, 0.15) is 39.2 Å². The van der Waals surface area contributed by atoms with E-state index in [0.29, 0.717) is 4.90 Å². The minimum atomic E-state index is -2.90. The van der Waals surface area contributed by atoms with Crippen LogP contribution in [0.15, 0.2) is 33.5 Å². The molecule has 0 aromatic heterocycles. The van der Waals surface area contributed by atoms with Gasteiger partial charge in [-0.05, 0) is 31.9 Å². The summed E-state index contributed by atoms with van der Waals surface area (Å²) in [7, 11) is -2.90. The summed E-state index contributed by atoms with van der Waals surface area (Å²) in [5.41, 5.74) is 0.469. The van der Waals surface area contributed by atoms with Crippen molar-refractivity contribution in [1.29, 1.82) is 0 Å². The van der Waals surface area contributed by atoms with Gasteiger partial charge in [0.15, 0.2) is 0 Å². The first kappa shape index (κ1) is 18.9. The van der Waals surface area contributed by atoms with Crippen LogP contribution in [0.3, 0.4) is 0 Å². The molecule has 1 aromatic rings. The molecule has 0 N–H and O–H groups in total. The molecule has 1 aromatic carbocycles. The summed E-state index contributed by atoms with van der Waals surface area (Å²) in [6, 6.07) is 7.77. The van der Waals surface area contributed by atoms with Gasteiger partial charge in [-0.25, -0.2) is 8.51 Å². The van der Waals surface area contributed by atoms with Gasteiger partial charge in [-0.15, -0.1) is 4.36 Å². The van der Waals surface area contributed by atoms with Crippen molar-refractivity contribution in [3.63, 3.8) is 0 Å². The maximum Gasteiger partial charge on any atom is 0.260 e. The van der Waals surface area contributed by atoms with E-state index in [0.717, 1.165) is 29.4 Å². The van der Waals surface area contributed by atoms with E-state index >= 15 is 0 Å². The minimum absolute atomic E-state index is 0.209. The summed E-state index contributed by atoms with van der Waals surface area (Å²) in [4.78, 5) is 13.1. The van der Waals surface area contributed by atoms with E-state index in [-0.39, 0.29) is 11.9 Å². The van der Waals surface area contributed by atoms with Crippen molar-refractivity contribution in [2.75, 3.05) is 11.0 Å². The number of rotatable bonds is 3. The number of aryl methyl sites for hydroxylation is 1. The fraction of sp³-hybridized carbons (Fsp3) is 0.588. The maximum atomic E-state index is 13.9. The molecule has 2 atom stereocenters. The third-order valence-electron chi connectivity index (χ3n) is 4.00. The van der Waals surface area contributed by atoms with Crippen molar-refractivity contribution >= 4 is 38.4 Å². The first-order chi connectivity index (χ1) is 10.7. The normalized spacial score (nSPS) is 21.9. The van der Waals surface area contributed by atoms with Crippen LogP contribution in [0.2, 0.25) is 0 Å². The smallest absolute Gasteiger partial charge is 0.260 e. The van der Waals surface area contributed by atoms with Gasteiger partial charge < -0.3 is 0 Å². The molecule has 0 radical (unpaired) electrons. The molecule has 0 aliphatic carbocycles. The minimum Gasteiger partial charge on any atom is -0.271 e. The van der Waals surface area contributed by atoms with Crippen molar-refractivity contribution < 1.29 is 9.00 Å². The molecule has 4 nitrogen and oxygen atoms in total. The number of benzene rings is 1. The second-order valence-corrected chi connectivity index (χ2v) is 10.0. The average Bonchev–Trinajstić information content (AvgIpc) is 2.95. The van der Waals surface area contributed by atoms with Crippen molar-refractivity contribution in [3.05, 3.63) is 29.8 Å². The lowest BCUT2D eigenvalue weighted by Crippen LogP contribution is -2.37. The summed E-state index contributed by atoms with van der Waals surface area (Å²) in [6.07, 6.45) is 2.00. The molecule has 1 saturated heterocycles. The number of hydrogen-bond acceptors (Lipinski definition) is 2. The maximum absolute atomic E-state index is 13.9. The molecule has 1 aliphatic rings. The summed E-state index contributed by atoms with van der Waals surface area (Å²) in [5, 5.41) is 0. The second-order valence-electron chi connectivity index (χ2n) is 7.05. The van der Waals surface area contributed by atoms with Gasteiger partial charge in [0.2, 0.25) is 0 Å². The number of carbonyl (C=O) groups is 1. The van der Waals surface area contributed by atoms with Crippen LogP contribution in [0, 0.1) is 12.3 Å². The van der Waals surface area contributed by atoms with Gasteiger partial charge in [0, 0.05) is 22.4 Å². The fourth-order valence-corrected chi connectivity index (χ4v) is 6.11. The first-order valence-electron chi connectivity index (χ1n) is 7.89. The highest BCUT2D eigenvalue weighted by atomic mass is 127. The van der Waals surface area contributed by atoms with Crippen molar-refractivity contribution in [2.45, 2.75) is 51.5 Å². The van der Waals surface area contributed by atoms with Gasteiger partial charge in [0.1, 0.15) is 9.92 Å². The van der Waals surface area contributed by atoms with E-state index in [4.69, 9.17) is 0 Å². The van der Waals surface area contributed by atoms with Crippen LogP contribution in [0.25, 0.3) is 0 Å². The molecule has 1 fully saturated rings. The number of halogens is 1. The van der Waals surface area contributed by atoms with E-state index in [1.165, 1.54) is 0 Å². The molecule has 128 valence electrons. The van der Waals surface area contributed by atoms with Gasteiger partial charge in [-0.2, -0.15) is 0 Å². The standard InChI is InChI=1S/C17H25IN2O2S/c1-13-7-9-15(10-8-13)23(22,19-16(21)17(2,3)4)20-11-5-6-14(20)12-18/h7-10,14H,5-6,11-12H2,1-4H3. The Morgan fingerprint density at radius 2 is 1.96 bits per heavy atom. The molecule has 2 unspecified atom stereocenters. The summed E-state index contributed by atoms with van der Waals surface area (Å²) >= 11 is 2.33. The van der Waals surface area contributed by atoms with Crippen molar-refractivity contribution in [1.82, 2.24) is 4.31 Å². The van der Waals surface area contributed by atoms with Crippen molar-refractivity contribution in [2.24, 2.45) is 9.78 Å². The molecule has 23 heavy (non-hydrogen) atoms. The molecule has 0 bridgehead atoms. The Labute approximate surface area is 153 Å². The van der Waals surface area contributed by atoms with E-state index in [1.54, 1.807) is 0 Å². The van der Waals surface area contributed by atoms with Crippen LogP contribution >= 0.6 is 22.6 Å². The topological polar surface area (TPSA) is 49.7 Å². The Hall–Kier alpha value is -0.470. The molecular formula is C17H25IN2O2S. The van der Waals surface area contributed by atoms with Crippen LogP contribution < -0.4 is 0 Å². The zero-order chi connectivity index (χ0) is 17.3. The fourth-order valence-electron chi connectivity index (χ4n) is 2.49.